The maximum absolute atomic E-state index is 12.7. The molecule has 0 unspecified atom stereocenters. The van der Waals surface area contributed by atoms with Crippen LogP contribution in [0.15, 0.2) is 66.3 Å². The smallest absolute Gasteiger partial charge is 0.276 e. The van der Waals surface area contributed by atoms with Gasteiger partial charge >= 0.3 is 0 Å². The van der Waals surface area contributed by atoms with Crippen LogP contribution in [0.25, 0.3) is 5.82 Å². The number of carbonyl (C=O) groups excluding carboxylic acids is 1. The third-order valence-corrected chi connectivity index (χ3v) is 5.15. The lowest BCUT2D eigenvalue weighted by atomic mass is 10.2. The molecule has 0 saturated carbocycles. The molecule has 1 aromatic carbocycles. The molecule has 0 saturated heterocycles. The molecule has 0 radical (unpaired) electrons. The van der Waals surface area contributed by atoms with E-state index in [1.165, 1.54) is 0 Å². The summed E-state index contributed by atoms with van der Waals surface area (Å²) >= 11 is 7.56. The van der Waals surface area contributed by atoms with Gasteiger partial charge in [-0.2, -0.15) is 0 Å². The van der Waals surface area contributed by atoms with Crippen LogP contribution in [0.2, 0.25) is 5.02 Å². The van der Waals surface area contributed by atoms with E-state index in [-0.39, 0.29) is 11.6 Å². The predicted molar refractivity (Wildman–Crippen MR) is 105 cm³/mol. The van der Waals surface area contributed by atoms with Crippen LogP contribution in [0.5, 0.6) is 0 Å². The van der Waals surface area contributed by atoms with Gasteiger partial charge in [-0.25, -0.2) is 4.68 Å². The lowest BCUT2D eigenvalue weighted by Crippen LogP contribution is -2.24. The van der Waals surface area contributed by atoms with Crippen molar-refractivity contribution in [1.29, 1.82) is 0 Å². The lowest BCUT2D eigenvalue weighted by molar-refractivity contribution is 0.0946. The van der Waals surface area contributed by atoms with Gasteiger partial charge in [-0.05, 0) is 41.3 Å². The third-order valence-electron chi connectivity index (χ3n) is 4.02. The largest absolute Gasteiger partial charge is 0.346 e. The van der Waals surface area contributed by atoms with Gasteiger partial charge < -0.3 is 9.88 Å². The first-order valence-corrected chi connectivity index (χ1v) is 9.58. The second-order valence-corrected chi connectivity index (χ2v) is 7.37. The summed E-state index contributed by atoms with van der Waals surface area (Å²) in [4.78, 5) is 13.8. The second kappa shape index (κ2) is 7.77. The van der Waals surface area contributed by atoms with Gasteiger partial charge in [-0.15, -0.1) is 16.4 Å². The number of thiophene rings is 1. The Balaban J connectivity index is 1.62. The van der Waals surface area contributed by atoms with Crippen LogP contribution >= 0.6 is 22.9 Å². The number of carbonyl (C=O) groups is 1. The monoisotopic (exact) mass is 397 g/mol. The molecular weight excluding hydrogens is 382 g/mol. The number of benzene rings is 1. The van der Waals surface area contributed by atoms with Gasteiger partial charge in [0.15, 0.2) is 11.5 Å². The minimum atomic E-state index is -0.255. The van der Waals surface area contributed by atoms with E-state index in [9.17, 15) is 4.79 Å². The zero-order chi connectivity index (χ0) is 18.6. The molecule has 136 valence electrons. The number of rotatable bonds is 6. The summed E-state index contributed by atoms with van der Waals surface area (Å²) in [5.74, 6) is 0.369. The molecule has 1 amide bonds. The van der Waals surface area contributed by atoms with Crippen LogP contribution < -0.4 is 5.32 Å². The van der Waals surface area contributed by atoms with Crippen LogP contribution in [-0.4, -0.2) is 25.5 Å². The van der Waals surface area contributed by atoms with Crippen molar-refractivity contribution >= 4 is 28.8 Å². The highest BCUT2D eigenvalue weighted by atomic mass is 35.5. The van der Waals surface area contributed by atoms with Gasteiger partial charge in [-0.1, -0.05) is 35.0 Å². The van der Waals surface area contributed by atoms with Crippen molar-refractivity contribution in [2.75, 3.05) is 0 Å². The highest BCUT2D eigenvalue weighted by Crippen LogP contribution is 2.17. The molecule has 4 rings (SSSR count). The molecule has 6 nitrogen and oxygen atoms in total. The molecule has 4 aromatic rings. The molecular formula is C19H16ClN5OS. The first kappa shape index (κ1) is 17.5. The summed E-state index contributed by atoms with van der Waals surface area (Å²) in [6, 6.07) is 15.3. The van der Waals surface area contributed by atoms with Crippen LogP contribution in [0.1, 0.15) is 20.9 Å². The third kappa shape index (κ3) is 3.94. The van der Waals surface area contributed by atoms with Crippen molar-refractivity contribution in [2.24, 2.45) is 0 Å². The zero-order valence-corrected chi connectivity index (χ0v) is 15.8. The van der Waals surface area contributed by atoms with E-state index >= 15 is 0 Å². The van der Waals surface area contributed by atoms with E-state index in [1.54, 1.807) is 16.0 Å². The standard InChI is InChI=1S/C19H16ClN5OS/c20-15-7-5-14(6-8-15)13-25-19(24-9-1-2-10-24)17(22-23-25)18(26)21-12-16-4-3-11-27-16/h1-11H,12-13H2,(H,21,26). The average Bonchev–Trinajstić information content (AvgIpc) is 3.43. The summed E-state index contributed by atoms with van der Waals surface area (Å²) in [5, 5.41) is 13.9. The van der Waals surface area contributed by atoms with Crippen molar-refractivity contribution in [3.63, 3.8) is 0 Å². The molecule has 0 bridgehead atoms. The molecule has 0 spiro atoms. The van der Waals surface area contributed by atoms with Gasteiger partial charge in [0.2, 0.25) is 0 Å². The highest BCUT2D eigenvalue weighted by molar-refractivity contribution is 7.09. The normalized spacial score (nSPS) is 10.9. The van der Waals surface area contributed by atoms with Crippen molar-refractivity contribution in [1.82, 2.24) is 24.9 Å². The molecule has 0 aliphatic carbocycles. The second-order valence-electron chi connectivity index (χ2n) is 5.90. The van der Waals surface area contributed by atoms with Gasteiger partial charge in [0.05, 0.1) is 13.1 Å². The van der Waals surface area contributed by atoms with Crippen LogP contribution in [0.3, 0.4) is 0 Å². The molecule has 3 heterocycles. The molecule has 0 aliphatic heterocycles. The molecule has 3 aromatic heterocycles. The zero-order valence-electron chi connectivity index (χ0n) is 14.2. The van der Waals surface area contributed by atoms with Crippen molar-refractivity contribution in [3.05, 3.63) is 87.5 Å². The summed E-state index contributed by atoms with van der Waals surface area (Å²) in [7, 11) is 0. The number of hydrogen-bond donors (Lipinski definition) is 1. The Bertz CT molecular complexity index is 1020. The Kier molecular flexibility index (Phi) is 5.04. The summed E-state index contributed by atoms with van der Waals surface area (Å²) in [5.41, 5.74) is 1.31. The number of nitrogens with one attached hydrogen (secondary N) is 1. The van der Waals surface area contributed by atoms with Crippen molar-refractivity contribution in [3.8, 4) is 5.82 Å². The Morgan fingerprint density at radius 2 is 1.89 bits per heavy atom. The summed E-state index contributed by atoms with van der Waals surface area (Å²) in [6.45, 7) is 0.946. The summed E-state index contributed by atoms with van der Waals surface area (Å²) in [6.07, 6.45) is 3.74. The van der Waals surface area contributed by atoms with Crippen LogP contribution in [-0.2, 0) is 13.1 Å². The Labute approximate surface area is 165 Å². The summed E-state index contributed by atoms with van der Waals surface area (Å²) < 4.78 is 3.55. The molecule has 8 heteroatoms. The maximum atomic E-state index is 12.7. The molecule has 1 N–H and O–H groups in total. The average molecular weight is 398 g/mol. The number of halogens is 1. The molecule has 0 aliphatic rings. The fourth-order valence-electron chi connectivity index (χ4n) is 2.72. The molecule has 0 atom stereocenters. The Morgan fingerprint density at radius 3 is 2.59 bits per heavy atom. The number of hydrogen-bond acceptors (Lipinski definition) is 4. The Hall–Kier alpha value is -2.90. The van der Waals surface area contributed by atoms with E-state index in [0.717, 1.165) is 10.4 Å². The molecule has 0 fully saturated rings. The van der Waals surface area contributed by atoms with Crippen molar-refractivity contribution < 1.29 is 4.79 Å². The quantitative estimate of drug-likeness (QED) is 0.538. The van der Waals surface area contributed by atoms with E-state index in [0.29, 0.717) is 23.9 Å². The SMILES string of the molecule is O=C(NCc1cccs1)c1nnn(Cc2ccc(Cl)cc2)c1-n1cccc1. The number of amides is 1. The first-order chi connectivity index (χ1) is 13.2. The number of nitrogens with zero attached hydrogens (tertiary/aromatic N) is 4. The van der Waals surface area contributed by atoms with E-state index in [2.05, 4.69) is 15.6 Å². The Morgan fingerprint density at radius 1 is 1.11 bits per heavy atom. The fourth-order valence-corrected chi connectivity index (χ4v) is 3.49. The van der Waals surface area contributed by atoms with Gasteiger partial charge in [0.1, 0.15) is 0 Å². The fraction of sp³-hybridized carbons (Fsp3) is 0.105. The minimum Gasteiger partial charge on any atom is -0.346 e. The lowest BCUT2D eigenvalue weighted by Gasteiger charge is -2.09. The van der Waals surface area contributed by atoms with Gasteiger partial charge in [0.25, 0.3) is 5.91 Å². The highest BCUT2D eigenvalue weighted by Gasteiger charge is 2.21. The van der Waals surface area contributed by atoms with E-state index in [1.807, 2.05) is 70.9 Å². The van der Waals surface area contributed by atoms with E-state index in [4.69, 9.17) is 11.6 Å². The predicted octanol–water partition coefficient (Wildman–Crippen LogP) is 3.76. The first-order valence-electron chi connectivity index (χ1n) is 8.32. The molecule has 27 heavy (non-hydrogen) atoms. The van der Waals surface area contributed by atoms with Gasteiger partial charge in [-0.3, -0.25) is 4.79 Å². The van der Waals surface area contributed by atoms with Crippen molar-refractivity contribution in [2.45, 2.75) is 13.1 Å². The maximum Gasteiger partial charge on any atom is 0.276 e. The topological polar surface area (TPSA) is 64.7 Å². The minimum absolute atomic E-state index is 0.255. The van der Waals surface area contributed by atoms with Gasteiger partial charge in [0, 0.05) is 22.3 Å². The van der Waals surface area contributed by atoms with Crippen LogP contribution in [0.4, 0.5) is 0 Å². The number of aromatic nitrogens is 4. The van der Waals surface area contributed by atoms with Crippen LogP contribution in [0, 0.1) is 0 Å². The van der Waals surface area contributed by atoms with E-state index < -0.39 is 0 Å².